The number of para-hydroxylation sites is 1. The Morgan fingerprint density at radius 3 is 2.60 bits per heavy atom. The summed E-state index contributed by atoms with van der Waals surface area (Å²) in [7, 11) is 0. The van der Waals surface area contributed by atoms with E-state index in [0.29, 0.717) is 18.1 Å². The maximum atomic E-state index is 12.5. The highest BCUT2D eigenvalue weighted by Gasteiger charge is 2.40. The lowest BCUT2D eigenvalue weighted by Crippen LogP contribution is -2.32. The summed E-state index contributed by atoms with van der Waals surface area (Å²) >= 11 is 5.67. The van der Waals surface area contributed by atoms with Crippen molar-refractivity contribution >= 4 is 28.9 Å². The first-order valence-electron chi connectivity index (χ1n) is 10.0. The number of thiocarbonyl (C=S) groups is 1. The fourth-order valence-corrected chi connectivity index (χ4v) is 4.34. The molecule has 0 bridgehead atoms. The molecule has 1 aromatic carbocycles. The number of aryl methyl sites for hydroxylation is 2. The molecule has 1 saturated heterocycles. The highest BCUT2D eigenvalue weighted by molar-refractivity contribution is 7.80. The van der Waals surface area contributed by atoms with Gasteiger partial charge in [-0.3, -0.25) is 9.78 Å². The van der Waals surface area contributed by atoms with E-state index in [1.54, 1.807) is 6.20 Å². The second-order valence-electron chi connectivity index (χ2n) is 7.52. The molecular weight excluding hydrogens is 394 g/mol. The third-order valence-electron chi connectivity index (χ3n) is 5.34. The van der Waals surface area contributed by atoms with Crippen LogP contribution in [-0.4, -0.2) is 32.4 Å². The first-order valence-corrected chi connectivity index (χ1v) is 10.4. The molecule has 0 aliphatic carbocycles. The summed E-state index contributed by atoms with van der Waals surface area (Å²) in [5, 5.41) is 7.01. The number of nitrogens with zero attached hydrogens (tertiary/aromatic N) is 2. The van der Waals surface area contributed by atoms with Gasteiger partial charge in [0.2, 0.25) is 5.91 Å². The number of aromatic nitrogens is 2. The largest absolute Gasteiger partial charge is 0.362 e. The molecule has 6 nitrogen and oxygen atoms in total. The van der Waals surface area contributed by atoms with E-state index in [1.165, 1.54) is 5.56 Å². The van der Waals surface area contributed by atoms with Gasteiger partial charge in [-0.25, -0.2) is 0 Å². The van der Waals surface area contributed by atoms with Crippen LogP contribution < -0.4 is 10.6 Å². The number of hydrogen-bond donors (Lipinski definition) is 3. The quantitative estimate of drug-likeness (QED) is 0.526. The third-order valence-corrected chi connectivity index (χ3v) is 5.70. The molecule has 7 heteroatoms. The van der Waals surface area contributed by atoms with Crippen LogP contribution in [0.4, 0.5) is 5.69 Å². The standard InChI is InChI=1S/C23H25N5OS/c1-15-14-18(16(2)25-15)22-21(19-10-6-7-12-24-19)27-23(30)28(22)13-11-20(29)26-17-8-4-3-5-9-17/h3-10,12,14,21-22,25H,11,13H2,1-2H3,(H,26,29)(H,27,30)/t21-,22+/m1/s1. The molecule has 4 rings (SSSR count). The van der Waals surface area contributed by atoms with E-state index < -0.39 is 0 Å². The number of amides is 1. The average molecular weight is 420 g/mol. The number of rotatable bonds is 6. The molecule has 3 heterocycles. The van der Waals surface area contributed by atoms with Gasteiger partial charge < -0.3 is 20.5 Å². The predicted molar refractivity (Wildman–Crippen MR) is 122 cm³/mol. The lowest BCUT2D eigenvalue weighted by molar-refractivity contribution is -0.116. The van der Waals surface area contributed by atoms with Crippen LogP contribution in [0.15, 0.2) is 60.8 Å². The zero-order valence-corrected chi connectivity index (χ0v) is 17.9. The zero-order chi connectivity index (χ0) is 21.1. The lowest BCUT2D eigenvalue weighted by atomic mass is 9.96. The molecule has 1 amide bonds. The summed E-state index contributed by atoms with van der Waals surface area (Å²) in [5.74, 6) is -0.0361. The maximum Gasteiger partial charge on any atom is 0.226 e. The molecule has 3 N–H and O–H groups in total. The van der Waals surface area contributed by atoms with Gasteiger partial charge in [0, 0.05) is 36.2 Å². The molecule has 154 valence electrons. The minimum absolute atomic E-state index is 0.0361. The smallest absolute Gasteiger partial charge is 0.226 e. The van der Waals surface area contributed by atoms with Crippen molar-refractivity contribution in [2.75, 3.05) is 11.9 Å². The predicted octanol–water partition coefficient (Wildman–Crippen LogP) is 4.03. The fourth-order valence-electron chi connectivity index (χ4n) is 4.00. The number of pyridine rings is 1. The van der Waals surface area contributed by atoms with E-state index in [4.69, 9.17) is 12.2 Å². The Hall–Kier alpha value is -3.19. The summed E-state index contributed by atoms with van der Waals surface area (Å²) < 4.78 is 0. The summed E-state index contributed by atoms with van der Waals surface area (Å²) in [5.41, 5.74) is 5.09. The van der Waals surface area contributed by atoms with E-state index in [0.717, 1.165) is 22.8 Å². The van der Waals surface area contributed by atoms with Crippen LogP contribution in [-0.2, 0) is 4.79 Å². The monoisotopic (exact) mass is 419 g/mol. The first kappa shape index (κ1) is 20.1. The minimum Gasteiger partial charge on any atom is -0.362 e. The van der Waals surface area contributed by atoms with Gasteiger partial charge >= 0.3 is 0 Å². The van der Waals surface area contributed by atoms with Gasteiger partial charge in [-0.2, -0.15) is 0 Å². The molecule has 1 aliphatic rings. The van der Waals surface area contributed by atoms with Crippen LogP contribution in [0.2, 0.25) is 0 Å². The Kier molecular flexibility index (Phi) is 5.81. The van der Waals surface area contributed by atoms with Crippen LogP contribution >= 0.6 is 12.2 Å². The van der Waals surface area contributed by atoms with Crippen molar-refractivity contribution in [2.45, 2.75) is 32.4 Å². The summed E-state index contributed by atoms with van der Waals surface area (Å²) in [6.45, 7) is 4.63. The summed E-state index contributed by atoms with van der Waals surface area (Å²) in [6, 6.07) is 17.4. The van der Waals surface area contributed by atoms with Crippen LogP contribution in [0.3, 0.4) is 0 Å². The van der Waals surface area contributed by atoms with E-state index in [9.17, 15) is 4.79 Å². The first-order chi connectivity index (χ1) is 14.5. The highest BCUT2D eigenvalue weighted by atomic mass is 32.1. The van der Waals surface area contributed by atoms with Crippen LogP contribution in [0, 0.1) is 13.8 Å². The Morgan fingerprint density at radius 2 is 1.93 bits per heavy atom. The summed E-state index contributed by atoms with van der Waals surface area (Å²) in [6.07, 6.45) is 2.13. The van der Waals surface area contributed by atoms with Crippen LogP contribution in [0.25, 0.3) is 0 Å². The average Bonchev–Trinajstić information content (AvgIpc) is 3.25. The Bertz CT molecular complexity index is 1030. The summed E-state index contributed by atoms with van der Waals surface area (Å²) in [4.78, 5) is 22.6. The van der Waals surface area contributed by atoms with Crippen molar-refractivity contribution in [2.24, 2.45) is 0 Å². The Labute approximate surface area is 181 Å². The van der Waals surface area contributed by atoms with E-state index in [2.05, 4.69) is 38.5 Å². The van der Waals surface area contributed by atoms with Gasteiger partial charge in [0.1, 0.15) is 0 Å². The molecule has 3 aromatic rings. The number of carbonyl (C=O) groups is 1. The number of benzene rings is 1. The number of aromatic amines is 1. The molecule has 30 heavy (non-hydrogen) atoms. The van der Waals surface area contributed by atoms with Crippen molar-refractivity contribution in [3.63, 3.8) is 0 Å². The van der Waals surface area contributed by atoms with E-state index in [-0.39, 0.29) is 18.0 Å². The molecule has 0 unspecified atom stereocenters. The molecule has 0 spiro atoms. The Balaban J connectivity index is 1.56. The number of nitrogens with one attached hydrogen (secondary N) is 3. The van der Waals surface area contributed by atoms with Crippen molar-refractivity contribution in [1.29, 1.82) is 0 Å². The normalized spacial score (nSPS) is 18.3. The number of anilines is 1. The molecular formula is C23H25N5OS. The third kappa shape index (κ3) is 4.21. The van der Waals surface area contributed by atoms with Crippen molar-refractivity contribution in [3.8, 4) is 0 Å². The highest BCUT2D eigenvalue weighted by Crippen LogP contribution is 2.40. The molecule has 2 atom stereocenters. The van der Waals surface area contributed by atoms with Gasteiger partial charge in [0.25, 0.3) is 0 Å². The van der Waals surface area contributed by atoms with Gasteiger partial charge in [-0.15, -0.1) is 0 Å². The number of H-pyrrole nitrogens is 1. The second kappa shape index (κ2) is 8.67. The molecule has 0 saturated carbocycles. The van der Waals surface area contributed by atoms with Gasteiger partial charge in [-0.1, -0.05) is 24.3 Å². The topological polar surface area (TPSA) is 73.1 Å². The molecule has 1 fully saturated rings. The molecule has 2 aromatic heterocycles. The molecule has 0 radical (unpaired) electrons. The van der Waals surface area contributed by atoms with Gasteiger partial charge in [-0.05, 0) is 62.0 Å². The number of carbonyl (C=O) groups excluding carboxylic acids is 1. The van der Waals surface area contributed by atoms with E-state index in [1.807, 2.05) is 55.5 Å². The minimum atomic E-state index is -0.0789. The van der Waals surface area contributed by atoms with Crippen molar-refractivity contribution < 1.29 is 4.79 Å². The SMILES string of the molecule is Cc1cc([C@H]2[C@@H](c3ccccn3)NC(=S)N2CCC(=O)Nc2ccccc2)c(C)[nH]1. The van der Waals surface area contributed by atoms with Gasteiger partial charge in [0.05, 0.1) is 17.8 Å². The Morgan fingerprint density at radius 1 is 1.17 bits per heavy atom. The number of hydrogen-bond acceptors (Lipinski definition) is 3. The van der Waals surface area contributed by atoms with Crippen molar-refractivity contribution in [1.82, 2.24) is 20.2 Å². The van der Waals surface area contributed by atoms with Crippen LogP contribution in [0.5, 0.6) is 0 Å². The van der Waals surface area contributed by atoms with Gasteiger partial charge in [0.15, 0.2) is 5.11 Å². The lowest BCUT2D eigenvalue weighted by Gasteiger charge is -2.27. The maximum absolute atomic E-state index is 12.5. The molecule has 1 aliphatic heterocycles. The fraction of sp³-hybridized carbons (Fsp3) is 0.261. The second-order valence-corrected chi connectivity index (χ2v) is 7.90. The van der Waals surface area contributed by atoms with E-state index >= 15 is 0 Å². The van der Waals surface area contributed by atoms with Crippen LogP contribution in [0.1, 0.15) is 41.1 Å². The zero-order valence-electron chi connectivity index (χ0n) is 17.1. The van der Waals surface area contributed by atoms with Crippen molar-refractivity contribution in [3.05, 3.63) is 83.4 Å².